The van der Waals surface area contributed by atoms with Crippen molar-refractivity contribution >= 4 is 11.8 Å². The monoisotopic (exact) mass is 192 g/mol. The van der Waals surface area contributed by atoms with E-state index < -0.39 is 12.0 Å². The maximum atomic E-state index is 10.8. The molecule has 14 heavy (non-hydrogen) atoms. The maximum Gasteiger partial charge on any atom is 0.326 e. The summed E-state index contributed by atoms with van der Waals surface area (Å²) in [5.41, 5.74) is 2.01. The molecule has 0 radical (unpaired) electrons. The summed E-state index contributed by atoms with van der Waals surface area (Å²) in [7, 11) is 0. The number of aryl methyl sites for hydroxylation is 2. The topological polar surface area (TPSA) is 62.2 Å². The highest BCUT2D eigenvalue weighted by Gasteiger charge is 2.23. The zero-order chi connectivity index (χ0) is 10.1. The molecular formula is C10H12N2O2. The zero-order valence-corrected chi connectivity index (χ0v) is 7.95. The van der Waals surface area contributed by atoms with Crippen LogP contribution in [-0.2, 0) is 11.2 Å². The quantitative estimate of drug-likeness (QED) is 0.701. The minimum absolute atomic E-state index is 0.489. The highest BCUT2D eigenvalue weighted by atomic mass is 16.4. The van der Waals surface area contributed by atoms with Gasteiger partial charge < -0.3 is 10.4 Å². The predicted molar refractivity (Wildman–Crippen MR) is 52.3 cm³/mol. The van der Waals surface area contributed by atoms with Crippen molar-refractivity contribution in [1.82, 2.24) is 4.98 Å². The third-order valence-corrected chi connectivity index (χ3v) is 2.43. The number of nitrogens with one attached hydrogen (secondary N) is 1. The second-order valence-electron chi connectivity index (χ2n) is 3.53. The van der Waals surface area contributed by atoms with Crippen LogP contribution >= 0.6 is 0 Å². The van der Waals surface area contributed by atoms with Crippen molar-refractivity contribution in [2.45, 2.75) is 25.8 Å². The lowest BCUT2D eigenvalue weighted by atomic mass is 10.0. The van der Waals surface area contributed by atoms with Crippen molar-refractivity contribution in [2.75, 3.05) is 5.32 Å². The van der Waals surface area contributed by atoms with Gasteiger partial charge in [-0.2, -0.15) is 0 Å². The Hall–Kier alpha value is -1.58. The number of hydrogen-bond donors (Lipinski definition) is 2. The van der Waals surface area contributed by atoms with Gasteiger partial charge in [0.25, 0.3) is 0 Å². The number of nitrogens with zero attached hydrogens (tertiary/aromatic N) is 1. The number of anilines is 1. The number of carboxylic acids is 1. The van der Waals surface area contributed by atoms with Crippen LogP contribution in [0.3, 0.4) is 0 Å². The Morgan fingerprint density at radius 2 is 2.43 bits per heavy atom. The summed E-state index contributed by atoms with van der Waals surface area (Å²) < 4.78 is 0. The Kier molecular flexibility index (Phi) is 2.11. The van der Waals surface area contributed by atoms with E-state index in [0.29, 0.717) is 6.42 Å². The molecule has 0 unspecified atom stereocenters. The molecular weight excluding hydrogens is 180 g/mol. The summed E-state index contributed by atoms with van der Waals surface area (Å²) in [4.78, 5) is 15.0. The van der Waals surface area contributed by atoms with Gasteiger partial charge in [0, 0.05) is 5.69 Å². The van der Waals surface area contributed by atoms with Crippen molar-refractivity contribution in [1.29, 1.82) is 0 Å². The number of pyridine rings is 1. The lowest BCUT2D eigenvalue weighted by molar-refractivity contribution is -0.138. The van der Waals surface area contributed by atoms with Crippen LogP contribution < -0.4 is 5.32 Å². The van der Waals surface area contributed by atoms with E-state index in [1.165, 1.54) is 0 Å². The van der Waals surface area contributed by atoms with Gasteiger partial charge in [-0.15, -0.1) is 0 Å². The molecule has 1 aromatic heterocycles. The minimum atomic E-state index is -0.807. The van der Waals surface area contributed by atoms with Crippen LogP contribution in [0.5, 0.6) is 0 Å². The second-order valence-corrected chi connectivity index (χ2v) is 3.53. The first-order chi connectivity index (χ1) is 6.66. The average Bonchev–Trinajstić information content (AvgIpc) is 2.16. The molecule has 74 valence electrons. The summed E-state index contributed by atoms with van der Waals surface area (Å²) >= 11 is 0. The maximum absolute atomic E-state index is 10.8. The summed E-state index contributed by atoms with van der Waals surface area (Å²) in [6.45, 7) is 1.90. The molecule has 2 rings (SSSR count). The molecule has 1 aromatic rings. The van der Waals surface area contributed by atoms with E-state index >= 15 is 0 Å². The first-order valence-electron chi connectivity index (χ1n) is 4.62. The molecule has 0 saturated carbocycles. The minimum Gasteiger partial charge on any atom is -0.480 e. The summed E-state index contributed by atoms with van der Waals surface area (Å²) in [6, 6.07) is 3.46. The SMILES string of the molecule is Cc1ccc2c(n1)N[C@@H](C(=O)O)CC2. The van der Waals surface area contributed by atoms with E-state index in [1.54, 1.807) is 0 Å². The smallest absolute Gasteiger partial charge is 0.326 e. The highest BCUT2D eigenvalue weighted by molar-refractivity contribution is 5.78. The Bertz CT molecular complexity index is 376. The molecule has 4 heteroatoms. The Labute approximate surface area is 82.0 Å². The van der Waals surface area contributed by atoms with Crippen LogP contribution in [0.1, 0.15) is 17.7 Å². The fraction of sp³-hybridized carbons (Fsp3) is 0.400. The van der Waals surface area contributed by atoms with Crippen molar-refractivity contribution < 1.29 is 9.90 Å². The molecule has 0 saturated heterocycles. The molecule has 1 atom stereocenters. The van der Waals surface area contributed by atoms with Crippen LogP contribution in [0.4, 0.5) is 5.82 Å². The Morgan fingerprint density at radius 1 is 1.64 bits per heavy atom. The summed E-state index contributed by atoms with van der Waals surface area (Å²) in [5, 5.41) is 11.8. The molecule has 0 bridgehead atoms. The van der Waals surface area contributed by atoms with Crippen molar-refractivity contribution in [3.05, 3.63) is 23.4 Å². The van der Waals surface area contributed by atoms with E-state index in [1.807, 2.05) is 19.1 Å². The molecule has 1 aliphatic heterocycles. The van der Waals surface area contributed by atoms with Gasteiger partial charge in [-0.25, -0.2) is 9.78 Å². The molecule has 2 N–H and O–H groups in total. The van der Waals surface area contributed by atoms with Gasteiger partial charge in [0.2, 0.25) is 0 Å². The number of hydrogen-bond acceptors (Lipinski definition) is 3. The molecule has 2 heterocycles. The van der Waals surface area contributed by atoms with Gasteiger partial charge >= 0.3 is 5.97 Å². The van der Waals surface area contributed by atoms with Crippen LogP contribution in [0, 0.1) is 6.92 Å². The predicted octanol–water partition coefficient (Wildman–Crippen LogP) is 1.20. The third-order valence-electron chi connectivity index (χ3n) is 2.43. The lowest BCUT2D eigenvalue weighted by Gasteiger charge is -2.23. The fourth-order valence-electron chi connectivity index (χ4n) is 1.63. The first kappa shape index (κ1) is 8.99. The van der Waals surface area contributed by atoms with Crippen molar-refractivity contribution in [2.24, 2.45) is 0 Å². The van der Waals surface area contributed by atoms with Gasteiger partial charge in [0.15, 0.2) is 0 Å². The van der Waals surface area contributed by atoms with E-state index in [-0.39, 0.29) is 0 Å². The number of aliphatic carboxylic acids is 1. The Balaban J connectivity index is 2.29. The van der Waals surface area contributed by atoms with E-state index in [2.05, 4.69) is 10.3 Å². The number of rotatable bonds is 1. The normalized spacial score (nSPS) is 19.6. The van der Waals surface area contributed by atoms with Gasteiger partial charge in [-0.3, -0.25) is 0 Å². The molecule has 0 aromatic carbocycles. The van der Waals surface area contributed by atoms with Crippen molar-refractivity contribution in [3.8, 4) is 0 Å². The van der Waals surface area contributed by atoms with Crippen LogP contribution in [0.25, 0.3) is 0 Å². The molecule has 4 nitrogen and oxygen atoms in total. The lowest BCUT2D eigenvalue weighted by Crippen LogP contribution is -2.33. The van der Waals surface area contributed by atoms with Gasteiger partial charge in [-0.1, -0.05) is 6.07 Å². The molecule has 0 aliphatic carbocycles. The number of carbonyl (C=O) groups is 1. The summed E-state index contributed by atoms with van der Waals surface area (Å²) in [5.74, 6) is -0.0809. The average molecular weight is 192 g/mol. The molecule has 0 fully saturated rings. The Morgan fingerprint density at radius 3 is 3.14 bits per heavy atom. The number of aromatic nitrogens is 1. The number of carboxylic acid groups (broad SMARTS) is 1. The van der Waals surface area contributed by atoms with Crippen molar-refractivity contribution in [3.63, 3.8) is 0 Å². The first-order valence-corrected chi connectivity index (χ1v) is 4.62. The summed E-state index contributed by atoms with van der Waals surface area (Å²) in [6.07, 6.45) is 1.42. The van der Waals surface area contributed by atoms with Crippen LogP contribution in [0.2, 0.25) is 0 Å². The van der Waals surface area contributed by atoms with E-state index in [9.17, 15) is 4.79 Å². The van der Waals surface area contributed by atoms with Gasteiger partial charge in [0.05, 0.1) is 0 Å². The second kappa shape index (κ2) is 3.29. The standard InChI is InChI=1S/C10H12N2O2/c1-6-2-3-7-4-5-8(10(13)14)12-9(7)11-6/h2-3,8H,4-5H2,1H3,(H,11,12)(H,13,14)/t8-/m1/s1. The van der Waals surface area contributed by atoms with Gasteiger partial charge in [0.1, 0.15) is 11.9 Å². The fourth-order valence-corrected chi connectivity index (χ4v) is 1.63. The largest absolute Gasteiger partial charge is 0.480 e. The van der Waals surface area contributed by atoms with Gasteiger partial charge in [-0.05, 0) is 31.4 Å². The number of fused-ring (bicyclic) bond motifs is 1. The van der Waals surface area contributed by atoms with E-state index in [4.69, 9.17) is 5.11 Å². The molecule has 0 amide bonds. The van der Waals surface area contributed by atoms with Crippen LogP contribution in [0.15, 0.2) is 12.1 Å². The third kappa shape index (κ3) is 1.55. The van der Waals surface area contributed by atoms with Crippen LogP contribution in [-0.4, -0.2) is 22.1 Å². The molecule has 1 aliphatic rings. The highest BCUT2D eigenvalue weighted by Crippen LogP contribution is 2.22. The zero-order valence-electron chi connectivity index (χ0n) is 7.95. The molecule has 0 spiro atoms. The van der Waals surface area contributed by atoms with E-state index in [0.717, 1.165) is 23.5 Å².